The number of aliphatic imine (C=N–C) groups is 1. The molecular weight excluding hydrogens is 392 g/mol. The standard InChI is InChI=1S/C21H27ClN4OS/c1-4-23-21(26-14-16-10-9-15(2)13-19(16)28-3)25-12-11-24-20(27)17-7-5-6-8-18(17)22/h5-10,13H,4,11-12,14H2,1-3H3,(H,24,27)(H2,23,25,26). The van der Waals surface area contributed by atoms with Gasteiger partial charge in [0, 0.05) is 24.5 Å². The zero-order valence-electron chi connectivity index (χ0n) is 16.5. The van der Waals surface area contributed by atoms with Crippen molar-refractivity contribution in [3.05, 3.63) is 64.2 Å². The van der Waals surface area contributed by atoms with Crippen molar-refractivity contribution in [3.8, 4) is 0 Å². The van der Waals surface area contributed by atoms with E-state index < -0.39 is 0 Å². The monoisotopic (exact) mass is 418 g/mol. The number of benzene rings is 2. The molecule has 0 aliphatic heterocycles. The number of nitrogens with one attached hydrogen (secondary N) is 3. The van der Waals surface area contributed by atoms with Gasteiger partial charge >= 0.3 is 0 Å². The van der Waals surface area contributed by atoms with Gasteiger partial charge in [-0.2, -0.15) is 0 Å². The molecule has 2 aromatic carbocycles. The Labute approximate surface area is 176 Å². The predicted molar refractivity (Wildman–Crippen MR) is 120 cm³/mol. The molecule has 0 unspecified atom stereocenters. The van der Waals surface area contributed by atoms with Gasteiger partial charge in [0.25, 0.3) is 5.91 Å². The molecule has 0 saturated heterocycles. The number of halogens is 1. The quantitative estimate of drug-likeness (QED) is 0.263. The van der Waals surface area contributed by atoms with Crippen molar-refractivity contribution in [1.82, 2.24) is 16.0 Å². The Hall–Kier alpha value is -2.18. The number of rotatable bonds is 8. The van der Waals surface area contributed by atoms with E-state index in [-0.39, 0.29) is 5.91 Å². The van der Waals surface area contributed by atoms with E-state index in [1.807, 2.05) is 6.92 Å². The van der Waals surface area contributed by atoms with Gasteiger partial charge in [-0.3, -0.25) is 4.79 Å². The number of nitrogens with zero attached hydrogens (tertiary/aromatic N) is 1. The van der Waals surface area contributed by atoms with Crippen molar-refractivity contribution in [1.29, 1.82) is 0 Å². The highest BCUT2D eigenvalue weighted by Crippen LogP contribution is 2.22. The molecule has 5 nitrogen and oxygen atoms in total. The molecular formula is C21H27ClN4OS. The van der Waals surface area contributed by atoms with Crippen LogP contribution in [-0.4, -0.2) is 37.8 Å². The molecule has 0 saturated carbocycles. The summed E-state index contributed by atoms with van der Waals surface area (Å²) in [6, 6.07) is 13.4. The third-order valence-corrected chi connectivity index (χ3v) is 5.17. The fourth-order valence-electron chi connectivity index (χ4n) is 2.59. The number of guanidine groups is 1. The molecule has 0 fully saturated rings. The summed E-state index contributed by atoms with van der Waals surface area (Å²) in [5.41, 5.74) is 2.92. The smallest absolute Gasteiger partial charge is 0.252 e. The van der Waals surface area contributed by atoms with Gasteiger partial charge in [0.1, 0.15) is 0 Å². The van der Waals surface area contributed by atoms with Crippen molar-refractivity contribution in [2.45, 2.75) is 25.3 Å². The number of hydrogen-bond acceptors (Lipinski definition) is 3. The number of hydrogen-bond donors (Lipinski definition) is 3. The van der Waals surface area contributed by atoms with Crippen LogP contribution in [0.15, 0.2) is 52.4 Å². The van der Waals surface area contributed by atoms with Crippen molar-refractivity contribution in [3.63, 3.8) is 0 Å². The van der Waals surface area contributed by atoms with Crippen LogP contribution in [0.1, 0.15) is 28.4 Å². The minimum absolute atomic E-state index is 0.182. The van der Waals surface area contributed by atoms with Crippen LogP contribution in [0.25, 0.3) is 0 Å². The first-order chi connectivity index (χ1) is 13.5. The lowest BCUT2D eigenvalue weighted by atomic mass is 10.1. The Morgan fingerprint density at radius 1 is 1.11 bits per heavy atom. The summed E-state index contributed by atoms with van der Waals surface area (Å²) in [5, 5.41) is 9.79. The molecule has 0 aliphatic rings. The number of thioether (sulfide) groups is 1. The summed E-state index contributed by atoms with van der Waals surface area (Å²) in [6.07, 6.45) is 2.08. The molecule has 0 heterocycles. The second kappa shape index (κ2) is 11.6. The lowest BCUT2D eigenvalue weighted by Crippen LogP contribution is -2.41. The van der Waals surface area contributed by atoms with E-state index in [0.29, 0.717) is 30.2 Å². The van der Waals surface area contributed by atoms with Crippen molar-refractivity contribution < 1.29 is 4.79 Å². The molecule has 3 N–H and O–H groups in total. The highest BCUT2D eigenvalue weighted by atomic mass is 35.5. The van der Waals surface area contributed by atoms with Crippen LogP contribution < -0.4 is 16.0 Å². The molecule has 2 rings (SSSR count). The van der Waals surface area contributed by atoms with Crippen LogP contribution in [0, 0.1) is 6.92 Å². The molecule has 0 aromatic heterocycles. The average Bonchev–Trinajstić information content (AvgIpc) is 2.70. The number of aryl methyl sites for hydroxylation is 1. The molecule has 1 amide bonds. The van der Waals surface area contributed by atoms with Crippen LogP contribution in [0.5, 0.6) is 0 Å². The average molecular weight is 419 g/mol. The van der Waals surface area contributed by atoms with E-state index in [2.05, 4.69) is 52.3 Å². The zero-order chi connectivity index (χ0) is 20.4. The second-order valence-electron chi connectivity index (χ2n) is 6.17. The number of carbonyl (C=O) groups is 1. The summed E-state index contributed by atoms with van der Waals surface area (Å²) >= 11 is 7.78. The van der Waals surface area contributed by atoms with Gasteiger partial charge in [-0.05, 0) is 49.4 Å². The van der Waals surface area contributed by atoms with Gasteiger partial charge in [0.15, 0.2) is 5.96 Å². The molecule has 2 aromatic rings. The molecule has 0 spiro atoms. The van der Waals surface area contributed by atoms with E-state index in [9.17, 15) is 4.79 Å². The number of carbonyl (C=O) groups excluding carboxylic acids is 1. The molecule has 150 valence electrons. The van der Waals surface area contributed by atoms with E-state index in [1.54, 1.807) is 36.0 Å². The Bertz CT molecular complexity index is 826. The third kappa shape index (κ3) is 6.77. The van der Waals surface area contributed by atoms with E-state index in [0.717, 1.165) is 12.5 Å². The van der Waals surface area contributed by atoms with Gasteiger partial charge < -0.3 is 16.0 Å². The van der Waals surface area contributed by atoms with Gasteiger partial charge in [0.05, 0.1) is 17.1 Å². The summed E-state index contributed by atoms with van der Waals surface area (Å²) < 4.78 is 0. The largest absolute Gasteiger partial charge is 0.357 e. The molecule has 0 atom stereocenters. The fourth-order valence-corrected chi connectivity index (χ4v) is 3.51. The predicted octanol–water partition coefficient (Wildman–Crippen LogP) is 3.86. The van der Waals surface area contributed by atoms with Crippen molar-refractivity contribution in [2.75, 3.05) is 25.9 Å². The van der Waals surface area contributed by atoms with Crippen LogP contribution >= 0.6 is 23.4 Å². The Balaban J connectivity index is 1.88. The molecule has 7 heteroatoms. The summed E-state index contributed by atoms with van der Waals surface area (Å²) in [4.78, 5) is 18.1. The van der Waals surface area contributed by atoms with E-state index >= 15 is 0 Å². The summed E-state index contributed by atoms with van der Waals surface area (Å²) in [7, 11) is 0. The van der Waals surface area contributed by atoms with Crippen LogP contribution in [0.4, 0.5) is 0 Å². The van der Waals surface area contributed by atoms with E-state index in [4.69, 9.17) is 11.6 Å². The number of amides is 1. The maximum atomic E-state index is 12.2. The first-order valence-electron chi connectivity index (χ1n) is 9.23. The molecule has 0 aliphatic carbocycles. The highest BCUT2D eigenvalue weighted by Gasteiger charge is 2.08. The maximum absolute atomic E-state index is 12.2. The molecule has 28 heavy (non-hydrogen) atoms. The topological polar surface area (TPSA) is 65.5 Å². The minimum atomic E-state index is -0.182. The van der Waals surface area contributed by atoms with Crippen LogP contribution in [0.3, 0.4) is 0 Å². The summed E-state index contributed by atoms with van der Waals surface area (Å²) in [5.74, 6) is 0.542. The van der Waals surface area contributed by atoms with Crippen LogP contribution in [-0.2, 0) is 6.54 Å². The minimum Gasteiger partial charge on any atom is -0.357 e. The lowest BCUT2D eigenvalue weighted by molar-refractivity contribution is 0.0954. The first-order valence-corrected chi connectivity index (χ1v) is 10.8. The zero-order valence-corrected chi connectivity index (χ0v) is 18.1. The molecule has 0 bridgehead atoms. The van der Waals surface area contributed by atoms with Crippen LogP contribution in [0.2, 0.25) is 5.02 Å². The summed E-state index contributed by atoms with van der Waals surface area (Å²) in [6.45, 7) is 6.50. The maximum Gasteiger partial charge on any atom is 0.252 e. The van der Waals surface area contributed by atoms with Gasteiger partial charge in [-0.15, -0.1) is 11.8 Å². The second-order valence-corrected chi connectivity index (χ2v) is 7.43. The van der Waals surface area contributed by atoms with Gasteiger partial charge in [0.2, 0.25) is 0 Å². The SMILES string of the molecule is CCNC(=NCc1ccc(C)cc1SC)NCCNC(=O)c1ccccc1Cl. The Morgan fingerprint density at radius 3 is 2.57 bits per heavy atom. The molecule has 0 radical (unpaired) electrons. The van der Waals surface area contributed by atoms with Gasteiger partial charge in [-0.1, -0.05) is 35.9 Å². The van der Waals surface area contributed by atoms with Gasteiger partial charge in [-0.25, -0.2) is 4.99 Å². The lowest BCUT2D eigenvalue weighted by Gasteiger charge is -2.13. The highest BCUT2D eigenvalue weighted by molar-refractivity contribution is 7.98. The fraction of sp³-hybridized carbons (Fsp3) is 0.333. The van der Waals surface area contributed by atoms with E-state index in [1.165, 1.54) is 16.0 Å². The normalized spacial score (nSPS) is 11.2. The van der Waals surface area contributed by atoms with Crippen molar-refractivity contribution >= 4 is 35.2 Å². The van der Waals surface area contributed by atoms with Crippen molar-refractivity contribution in [2.24, 2.45) is 4.99 Å². The first kappa shape index (κ1) is 22.1. The third-order valence-electron chi connectivity index (χ3n) is 4.02. The Kier molecular flexibility index (Phi) is 9.17. The Morgan fingerprint density at radius 2 is 1.86 bits per heavy atom.